The van der Waals surface area contributed by atoms with Crippen molar-refractivity contribution in [1.29, 1.82) is 0 Å². The Morgan fingerprint density at radius 2 is 2.26 bits per heavy atom. The van der Waals surface area contributed by atoms with E-state index >= 15 is 0 Å². The van der Waals surface area contributed by atoms with Gasteiger partial charge in [-0.3, -0.25) is 0 Å². The minimum atomic E-state index is -1.83. The molecule has 2 unspecified atom stereocenters. The smallest absolute Gasteiger partial charge is 0.226 e. The predicted octanol–water partition coefficient (Wildman–Crippen LogP) is 3.01. The normalized spacial score (nSPS) is 26.8. The molecular weight excluding hydrogens is 354 g/mol. The summed E-state index contributed by atoms with van der Waals surface area (Å²) in [6.07, 6.45) is 4.39. The van der Waals surface area contributed by atoms with Crippen LogP contribution in [0.15, 0.2) is 50.1 Å². The number of hydrogen-bond donors (Lipinski definition) is 3. The average Bonchev–Trinajstić information content (AvgIpc) is 2.34. The second kappa shape index (κ2) is 5.72. The van der Waals surface area contributed by atoms with E-state index in [9.17, 15) is 10.2 Å². The van der Waals surface area contributed by atoms with Gasteiger partial charge in [-0.25, -0.2) is 4.98 Å². The molecule has 0 aromatic carbocycles. The first-order valence-electron chi connectivity index (χ1n) is 5.15. The van der Waals surface area contributed by atoms with Crippen LogP contribution in [-0.2, 0) is 0 Å². The van der Waals surface area contributed by atoms with E-state index in [-0.39, 0.29) is 5.82 Å². The van der Waals surface area contributed by atoms with E-state index in [1.54, 1.807) is 6.07 Å². The monoisotopic (exact) mass is 361 g/mol. The summed E-state index contributed by atoms with van der Waals surface area (Å²) in [5.41, 5.74) is -1.83. The Balaban J connectivity index is 2.25. The Labute approximate surface area is 128 Å². The molecule has 1 aromatic rings. The number of aliphatic hydroxyl groups excluding tert-OH is 1. The zero-order valence-electron chi connectivity index (χ0n) is 9.40. The number of thiol groups is 1. The largest absolute Gasteiger partial charge is 0.383 e. The molecule has 0 saturated carbocycles. The molecule has 2 rings (SSSR count). The van der Waals surface area contributed by atoms with Crippen molar-refractivity contribution in [2.24, 2.45) is 10.2 Å². The molecular formula is C11H9BrClN3O2S. The highest BCUT2D eigenvalue weighted by atomic mass is 79.9. The van der Waals surface area contributed by atoms with Gasteiger partial charge in [0, 0.05) is 11.1 Å². The van der Waals surface area contributed by atoms with Crippen molar-refractivity contribution in [3.63, 3.8) is 0 Å². The van der Waals surface area contributed by atoms with Crippen LogP contribution in [0.3, 0.4) is 0 Å². The fraction of sp³-hybridized carbons (Fsp3) is 0.182. The third-order valence-corrected chi connectivity index (χ3v) is 3.45. The van der Waals surface area contributed by atoms with Crippen LogP contribution in [0, 0.1) is 0 Å². The lowest BCUT2D eigenvalue weighted by atomic mass is 10.0. The number of hydrogen-bond acceptors (Lipinski definition) is 6. The minimum absolute atomic E-state index is 0.249. The number of azo groups is 1. The third kappa shape index (κ3) is 3.43. The van der Waals surface area contributed by atoms with Crippen LogP contribution in [-0.4, -0.2) is 27.0 Å². The Hall–Kier alpha value is -0.730. The lowest BCUT2D eigenvalue weighted by molar-refractivity contribution is -0.0135. The summed E-state index contributed by atoms with van der Waals surface area (Å²) in [5.74, 6) is 0.249. The average molecular weight is 363 g/mol. The highest BCUT2D eigenvalue weighted by Crippen LogP contribution is 2.29. The van der Waals surface area contributed by atoms with E-state index in [2.05, 4.69) is 43.8 Å². The fourth-order valence-electron chi connectivity index (χ4n) is 1.35. The molecule has 8 heteroatoms. The number of aromatic nitrogens is 1. The molecule has 0 amide bonds. The van der Waals surface area contributed by atoms with E-state index in [4.69, 9.17) is 11.6 Å². The summed E-state index contributed by atoms with van der Waals surface area (Å²) in [4.78, 5) is 4.49. The highest BCUT2D eigenvalue weighted by molar-refractivity contribution is 9.10. The molecule has 0 spiro atoms. The summed E-state index contributed by atoms with van der Waals surface area (Å²) < 4.78 is 0.534. The zero-order valence-corrected chi connectivity index (χ0v) is 12.6. The van der Waals surface area contributed by atoms with Crippen LogP contribution >= 0.6 is 40.2 Å². The first-order chi connectivity index (χ1) is 8.90. The van der Waals surface area contributed by atoms with Crippen LogP contribution in [0.2, 0.25) is 5.02 Å². The second-order valence-corrected chi connectivity index (χ2v) is 5.62. The molecule has 1 aliphatic carbocycles. The van der Waals surface area contributed by atoms with Crippen molar-refractivity contribution >= 4 is 46.0 Å². The van der Waals surface area contributed by atoms with E-state index in [1.807, 2.05) is 0 Å². The maximum absolute atomic E-state index is 10.1. The molecule has 1 aromatic heterocycles. The maximum atomic E-state index is 10.1. The van der Waals surface area contributed by atoms with Gasteiger partial charge >= 0.3 is 0 Å². The molecule has 1 aliphatic rings. The van der Waals surface area contributed by atoms with Crippen molar-refractivity contribution in [2.75, 3.05) is 0 Å². The fourth-order valence-corrected chi connectivity index (χ4v) is 2.28. The third-order valence-electron chi connectivity index (χ3n) is 2.36. The van der Waals surface area contributed by atoms with Gasteiger partial charge in [0.05, 0.1) is 9.50 Å². The molecule has 0 saturated heterocycles. The Bertz CT molecular complexity index is 593. The van der Waals surface area contributed by atoms with Gasteiger partial charge in [-0.15, -0.1) is 22.9 Å². The molecule has 19 heavy (non-hydrogen) atoms. The van der Waals surface area contributed by atoms with Gasteiger partial charge in [-0.05, 0) is 40.2 Å². The van der Waals surface area contributed by atoms with Crippen molar-refractivity contribution in [1.82, 2.24) is 4.98 Å². The van der Waals surface area contributed by atoms with E-state index in [0.717, 1.165) is 0 Å². The van der Waals surface area contributed by atoms with Crippen molar-refractivity contribution in [3.05, 3.63) is 44.9 Å². The predicted molar refractivity (Wildman–Crippen MR) is 78.6 cm³/mol. The lowest BCUT2D eigenvalue weighted by Crippen LogP contribution is -2.38. The van der Waals surface area contributed by atoms with Gasteiger partial charge in [-0.1, -0.05) is 11.6 Å². The van der Waals surface area contributed by atoms with Crippen molar-refractivity contribution in [2.45, 2.75) is 11.8 Å². The van der Waals surface area contributed by atoms with Crippen LogP contribution in [0.4, 0.5) is 5.82 Å². The van der Waals surface area contributed by atoms with Gasteiger partial charge in [0.15, 0.2) is 5.82 Å². The van der Waals surface area contributed by atoms with Gasteiger partial charge in [0.1, 0.15) is 6.10 Å². The number of allylic oxidation sites excluding steroid dienone is 1. The van der Waals surface area contributed by atoms with Gasteiger partial charge in [-0.2, -0.15) is 0 Å². The summed E-state index contributed by atoms with van der Waals surface area (Å²) in [7, 11) is 0. The Morgan fingerprint density at radius 3 is 2.89 bits per heavy atom. The Kier molecular flexibility index (Phi) is 4.42. The number of halogens is 2. The standard InChI is InChI=1S/C11H9BrClN3O2S/c12-8-3-6(13)5-14-10(8)15-16-11(18)2-1-7(19)4-9(11)17/h1-5,9,17-19H. The first-order valence-corrected chi connectivity index (χ1v) is 6.77. The topological polar surface area (TPSA) is 78.1 Å². The summed E-state index contributed by atoms with van der Waals surface area (Å²) in [5, 5.41) is 27.9. The van der Waals surface area contributed by atoms with Crippen LogP contribution in [0.25, 0.3) is 0 Å². The number of nitrogens with zero attached hydrogens (tertiary/aromatic N) is 3. The second-order valence-electron chi connectivity index (χ2n) is 3.81. The van der Waals surface area contributed by atoms with E-state index in [1.165, 1.54) is 24.4 Å². The molecule has 0 bridgehead atoms. The SMILES string of the molecule is OC1C=C(S)C=CC1(O)N=Nc1ncc(Cl)cc1Br. The molecule has 0 aliphatic heterocycles. The quantitative estimate of drug-likeness (QED) is 0.559. The summed E-state index contributed by atoms with van der Waals surface area (Å²) in [6.45, 7) is 0. The van der Waals surface area contributed by atoms with E-state index < -0.39 is 11.8 Å². The lowest BCUT2D eigenvalue weighted by Gasteiger charge is -2.25. The summed E-state index contributed by atoms with van der Waals surface area (Å²) >= 11 is 13.0. The van der Waals surface area contributed by atoms with Gasteiger partial charge in [0.25, 0.3) is 0 Å². The van der Waals surface area contributed by atoms with Crippen molar-refractivity contribution < 1.29 is 10.2 Å². The molecule has 0 fully saturated rings. The summed E-state index contributed by atoms with van der Waals surface area (Å²) in [6, 6.07) is 1.60. The molecule has 0 radical (unpaired) electrons. The molecule has 100 valence electrons. The minimum Gasteiger partial charge on any atom is -0.383 e. The molecule has 1 heterocycles. The highest BCUT2D eigenvalue weighted by Gasteiger charge is 2.34. The van der Waals surface area contributed by atoms with Gasteiger partial charge in [0.2, 0.25) is 5.72 Å². The number of rotatable bonds is 2. The van der Waals surface area contributed by atoms with E-state index in [0.29, 0.717) is 14.4 Å². The van der Waals surface area contributed by atoms with Crippen molar-refractivity contribution in [3.8, 4) is 0 Å². The number of aliphatic hydroxyl groups is 2. The molecule has 2 atom stereocenters. The molecule has 2 N–H and O–H groups in total. The number of pyridine rings is 1. The first kappa shape index (κ1) is 14.7. The van der Waals surface area contributed by atoms with Crippen LogP contribution in [0.5, 0.6) is 0 Å². The Morgan fingerprint density at radius 1 is 1.53 bits per heavy atom. The van der Waals surface area contributed by atoms with Crippen LogP contribution < -0.4 is 0 Å². The zero-order chi connectivity index (χ0) is 14.0. The van der Waals surface area contributed by atoms with Crippen LogP contribution in [0.1, 0.15) is 0 Å². The molecule has 5 nitrogen and oxygen atoms in total. The maximum Gasteiger partial charge on any atom is 0.226 e. The van der Waals surface area contributed by atoms with Gasteiger partial charge < -0.3 is 10.2 Å².